The average molecular weight is 279 g/mol. The quantitative estimate of drug-likeness (QED) is 0.814. The van der Waals surface area contributed by atoms with Crippen molar-refractivity contribution in [1.82, 2.24) is 9.80 Å². The van der Waals surface area contributed by atoms with Crippen molar-refractivity contribution in [2.45, 2.75) is 0 Å². The molecule has 0 bridgehead atoms. The molecule has 2 amide bonds. The Labute approximate surface area is 118 Å². The lowest BCUT2D eigenvalue weighted by atomic mass is 10.1. The molecule has 0 atom stereocenters. The molecular weight excluding hydrogens is 262 g/mol. The zero-order chi connectivity index (χ0) is 14.6. The lowest BCUT2D eigenvalue weighted by Crippen LogP contribution is -2.37. The number of nitrogens with two attached hydrogens (primary N) is 1. The highest BCUT2D eigenvalue weighted by molar-refractivity contribution is 7.80. The van der Waals surface area contributed by atoms with E-state index in [9.17, 15) is 9.59 Å². The van der Waals surface area contributed by atoms with Crippen LogP contribution in [0, 0.1) is 0 Å². The van der Waals surface area contributed by atoms with Crippen molar-refractivity contribution in [3.63, 3.8) is 0 Å². The van der Waals surface area contributed by atoms with Gasteiger partial charge in [-0.2, -0.15) is 0 Å². The third-order valence-corrected chi connectivity index (χ3v) is 2.85. The van der Waals surface area contributed by atoms with E-state index in [1.54, 1.807) is 45.4 Å². The second-order valence-corrected chi connectivity index (χ2v) is 4.83. The molecule has 0 aliphatic carbocycles. The Morgan fingerprint density at radius 2 is 1.79 bits per heavy atom. The van der Waals surface area contributed by atoms with Crippen LogP contribution in [0.1, 0.15) is 15.9 Å². The van der Waals surface area contributed by atoms with Gasteiger partial charge >= 0.3 is 0 Å². The average Bonchev–Trinajstić information content (AvgIpc) is 2.37. The lowest BCUT2D eigenvalue weighted by molar-refractivity contribution is -0.129. The van der Waals surface area contributed by atoms with E-state index >= 15 is 0 Å². The molecule has 0 aromatic heterocycles. The maximum Gasteiger partial charge on any atom is 0.254 e. The van der Waals surface area contributed by atoms with Crippen LogP contribution in [0.3, 0.4) is 0 Å². The first-order valence-electron chi connectivity index (χ1n) is 5.68. The molecule has 0 spiro atoms. The predicted octanol–water partition coefficient (Wildman–Crippen LogP) is 0.481. The van der Waals surface area contributed by atoms with Gasteiger partial charge in [-0.1, -0.05) is 24.4 Å². The fourth-order valence-corrected chi connectivity index (χ4v) is 1.57. The minimum absolute atomic E-state index is 0.0309. The Hall–Kier alpha value is -1.95. The lowest BCUT2D eigenvalue weighted by Gasteiger charge is -2.19. The molecule has 0 aliphatic rings. The molecule has 0 aliphatic heterocycles. The van der Waals surface area contributed by atoms with E-state index in [1.807, 2.05) is 0 Å². The van der Waals surface area contributed by atoms with Gasteiger partial charge in [-0.05, 0) is 12.1 Å². The van der Waals surface area contributed by atoms with Gasteiger partial charge in [0.1, 0.15) is 4.99 Å². The number of rotatable bonds is 4. The number of amides is 2. The molecule has 1 aromatic carbocycles. The Morgan fingerprint density at radius 1 is 1.21 bits per heavy atom. The van der Waals surface area contributed by atoms with Crippen molar-refractivity contribution in [3.8, 4) is 0 Å². The maximum absolute atomic E-state index is 12.1. The highest BCUT2D eigenvalue weighted by Gasteiger charge is 2.16. The first kappa shape index (κ1) is 15.1. The monoisotopic (exact) mass is 279 g/mol. The SMILES string of the molecule is CN(C)C(=O)CN(C)C(=O)c1cccc(C(N)=S)c1. The summed E-state index contributed by atoms with van der Waals surface area (Å²) in [5.74, 6) is -0.380. The van der Waals surface area contributed by atoms with Crippen LogP contribution >= 0.6 is 12.2 Å². The van der Waals surface area contributed by atoms with Crippen molar-refractivity contribution in [1.29, 1.82) is 0 Å². The number of carbonyl (C=O) groups is 2. The summed E-state index contributed by atoms with van der Waals surface area (Å²) in [4.78, 5) is 26.7. The molecule has 2 N–H and O–H groups in total. The van der Waals surface area contributed by atoms with Gasteiger partial charge in [0, 0.05) is 32.3 Å². The van der Waals surface area contributed by atoms with Crippen molar-refractivity contribution in [3.05, 3.63) is 35.4 Å². The van der Waals surface area contributed by atoms with E-state index in [0.717, 1.165) is 0 Å². The molecule has 1 aromatic rings. The maximum atomic E-state index is 12.1. The molecule has 0 saturated carbocycles. The van der Waals surface area contributed by atoms with Gasteiger partial charge in [-0.25, -0.2) is 0 Å². The van der Waals surface area contributed by atoms with Crippen LogP contribution in [0.5, 0.6) is 0 Å². The van der Waals surface area contributed by atoms with Crippen LogP contribution in [0.2, 0.25) is 0 Å². The Bertz CT molecular complexity index is 514. The summed E-state index contributed by atoms with van der Waals surface area (Å²) >= 11 is 4.87. The summed E-state index contributed by atoms with van der Waals surface area (Å²) in [6, 6.07) is 6.75. The zero-order valence-corrected chi connectivity index (χ0v) is 12.0. The van der Waals surface area contributed by atoms with E-state index in [4.69, 9.17) is 18.0 Å². The smallest absolute Gasteiger partial charge is 0.254 e. The molecule has 19 heavy (non-hydrogen) atoms. The number of likely N-dealkylation sites (N-methyl/N-ethyl adjacent to an activating group) is 2. The van der Waals surface area contributed by atoms with Crippen LogP contribution in [0.15, 0.2) is 24.3 Å². The van der Waals surface area contributed by atoms with Gasteiger partial charge in [-0.15, -0.1) is 0 Å². The first-order valence-corrected chi connectivity index (χ1v) is 6.09. The second kappa shape index (κ2) is 6.29. The first-order chi connectivity index (χ1) is 8.82. The third-order valence-electron chi connectivity index (χ3n) is 2.61. The molecule has 102 valence electrons. The fraction of sp³-hybridized carbons (Fsp3) is 0.308. The van der Waals surface area contributed by atoms with Crippen LogP contribution in [-0.4, -0.2) is 54.3 Å². The van der Waals surface area contributed by atoms with Crippen LogP contribution in [-0.2, 0) is 4.79 Å². The highest BCUT2D eigenvalue weighted by atomic mass is 32.1. The molecule has 0 fully saturated rings. The molecule has 5 nitrogen and oxygen atoms in total. The minimum Gasteiger partial charge on any atom is -0.389 e. The molecule has 1 rings (SSSR count). The van der Waals surface area contributed by atoms with Gasteiger partial charge in [0.15, 0.2) is 0 Å². The number of thiocarbonyl (C=S) groups is 1. The topological polar surface area (TPSA) is 66.6 Å². The molecule has 0 saturated heterocycles. The Morgan fingerprint density at radius 3 is 2.32 bits per heavy atom. The van der Waals surface area contributed by atoms with Gasteiger partial charge in [0.25, 0.3) is 5.91 Å². The minimum atomic E-state index is -0.242. The normalized spacial score (nSPS) is 9.84. The molecule has 0 heterocycles. The number of hydrogen-bond donors (Lipinski definition) is 1. The van der Waals surface area contributed by atoms with Crippen molar-refractivity contribution < 1.29 is 9.59 Å². The largest absolute Gasteiger partial charge is 0.389 e. The number of carbonyl (C=O) groups excluding carboxylic acids is 2. The number of hydrogen-bond acceptors (Lipinski definition) is 3. The third kappa shape index (κ3) is 4.03. The van der Waals surface area contributed by atoms with Crippen LogP contribution in [0.4, 0.5) is 0 Å². The summed E-state index contributed by atoms with van der Waals surface area (Å²) in [5.41, 5.74) is 6.62. The zero-order valence-electron chi connectivity index (χ0n) is 11.2. The summed E-state index contributed by atoms with van der Waals surface area (Å²) in [7, 11) is 4.87. The van der Waals surface area contributed by atoms with E-state index in [2.05, 4.69) is 0 Å². The number of nitrogens with zero attached hydrogens (tertiary/aromatic N) is 2. The second-order valence-electron chi connectivity index (χ2n) is 4.39. The summed E-state index contributed by atoms with van der Waals surface area (Å²) in [6.07, 6.45) is 0. The fourth-order valence-electron chi connectivity index (χ4n) is 1.44. The summed E-state index contributed by atoms with van der Waals surface area (Å²) < 4.78 is 0. The van der Waals surface area contributed by atoms with Crippen molar-refractivity contribution in [2.75, 3.05) is 27.7 Å². The summed E-state index contributed by atoms with van der Waals surface area (Å²) in [6.45, 7) is 0.0309. The van der Waals surface area contributed by atoms with Crippen molar-refractivity contribution in [2.24, 2.45) is 5.73 Å². The highest BCUT2D eigenvalue weighted by Crippen LogP contribution is 2.08. The van der Waals surface area contributed by atoms with Crippen LogP contribution in [0.25, 0.3) is 0 Å². The number of benzene rings is 1. The van der Waals surface area contributed by atoms with E-state index in [-0.39, 0.29) is 23.3 Å². The van der Waals surface area contributed by atoms with E-state index < -0.39 is 0 Å². The van der Waals surface area contributed by atoms with Gasteiger partial charge in [-0.3, -0.25) is 9.59 Å². The van der Waals surface area contributed by atoms with Crippen LogP contribution < -0.4 is 5.73 Å². The van der Waals surface area contributed by atoms with Gasteiger partial charge < -0.3 is 15.5 Å². The van der Waals surface area contributed by atoms with E-state index in [0.29, 0.717) is 11.1 Å². The van der Waals surface area contributed by atoms with E-state index in [1.165, 1.54) is 9.80 Å². The molecule has 0 unspecified atom stereocenters. The predicted molar refractivity (Wildman–Crippen MR) is 78.0 cm³/mol. The van der Waals surface area contributed by atoms with Gasteiger partial charge in [0.05, 0.1) is 6.54 Å². The Kier molecular flexibility index (Phi) is 5.00. The van der Waals surface area contributed by atoms with Gasteiger partial charge in [0.2, 0.25) is 5.91 Å². The Balaban J connectivity index is 2.85. The molecular formula is C13H17N3O2S. The molecule has 6 heteroatoms. The molecule has 0 radical (unpaired) electrons. The summed E-state index contributed by atoms with van der Waals surface area (Å²) in [5, 5.41) is 0. The standard InChI is InChI=1S/C13H17N3O2S/c1-15(2)11(17)8-16(3)13(18)10-6-4-5-9(7-10)12(14)19/h4-7H,8H2,1-3H3,(H2,14,19). The van der Waals surface area contributed by atoms with Crippen molar-refractivity contribution >= 4 is 29.0 Å².